The highest BCUT2D eigenvalue weighted by Gasteiger charge is 2.32. The van der Waals surface area contributed by atoms with Gasteiger partial charge < -0.3 is 0 Å². The molecule has 0 aliphatic rings. The average Bonchev–Trinajstić information content (AvgIpc) is 2.61. The van der Waals surface area contributed by atoms with Gasteiger partial charge in [-0.3, -0.25) is 4.90 Å². The second kappa shape index (κ2) is 8.69. The van der Waals surface area contributed by atoms with Gasteiger partial charge in [0.05, 0.1) is 0 Å². The first-order valence-corrected chi connectivity index (χ1v) is 8.71. The van der Waals surface area contributed by atoms with Gasteiger partial charge in [0.25, 0.3) is 0 Å². The monoisotopic (exact) mass is 307 g/mol. The van der Waals surface area contributed by atoms with Crippen molar-refractivity contribution >= 4 is 6.08 Å². The molecule has 0 saturated heterocycles. The molecule has 2 aromatic carbocycles. The minimum absolute atomic E-state index is 0.0720. The third-order valence-electron chi connectivity index (χ3n) is 4.75. The SMILES string of the molecule is CCCN(C)C(CC)(CC=Cc1ccccc1)c1ccccc1. The lowest BCUT2D eigenvalue weighted by atomic mass is 9.82. The highest BCUT2D eigenvalue weighted by atomic mass is 15.2. The molecule has 0 saturated carbocycles. The molecule has 0 fully saturated rings. The van der Waals surface area contributed by atoms with Crippen LogP contribution in [-0.2, 0) is 5.54 Å². The lowest BCUT2D eigenvalue weighted by Gasteiger charge is -2.41. The normalized spacial score (nSPS) is 14.3. The number of nitrogens with zero attached hydrogens (tertiary/aromatic N) is 1. The third kappa shape index (κ3) is 4.33. The molecule has 0 heterocycles. The number of rotatable bonds is 8. The lowest BCUT2D eigenvalue weighted by molar-refractivity contribution is 0.114. The molecule has 23 heavy (non-hydrogen) atoms. The fourth-order valence-electron chi connectivity index (χ4n) is 3.36. The van der Waals surface area contributed by atoms with Crippen molar-refractivity contribution in [3.63, 3.8) is 0 Å². The fourth-order valence-corrected chi connectivity index (χ4v) is 3.36. The Labute approximate surface area is 141 Å². The predicted molar refractivity (Wildman–Crippen MR) is 101 cm³/mol. The zero-order valence-corrected chi connectivity index (χ0v) is 14.7. The topological polar surface area (TPSA) is 3.24 Å². The zero-order chi connectivity index (χ0) is 16.5. The quantitative estimate of drug-likeness (QED) is 0.601. The molecular weight excluding hydrogens is 278 g/mol. The summed E-state index contributed by atoms with van der Waals surface area (Å²) in [6.45, 7) is 5.67. The van der Waals surface area contributed by atoms with E-state index in [0.717, 1.165) is 19.4 Å². The van der Waals surface area contributed by atoms with Crippen molar-refractivity contribution in [1.29, 1.82) is 0 Å². The van der Waals surface area contributed by atoms with Gasteiger partial charge in [0.1, 0.15) is 0 Å². The van der Waals surface area contributed by atoms with Crippen LogP contribution in [0, 0.1) is 0 Å². The van der Waals surface area contributed by atoms with E-state index in [2.05, 4.69) is 98.6 Å². The summed E-state index contributed by atoms with van der Waals surface area (Å²) >= 11 is 0. The number of hydrogen-bond donors (Lipinski definition) is 0. The molecule has 2 aromatic rings. The van der Waals surface area contributed by atoms with Gasteiger partial charge in [-0.1, -0.05) is 86.7 Å². The third-order valence-corrected chi connectivity index (χ3v) is 4.75. The van der Waals surface area contributed by atoms with Crippen LogP contribution in [0.5, 0.6) is 0 Å². The van der Waals surface area contributed by atoms with Crippen molar-refractivity contribution in [2.45, 2.75) is 38.6 Å². The Balaban J connectivity index is 2.27. The molecule has 0 spiro atoms. The van der Waals surface area contributed by atoms with Crippen LogP contribution in [0.3, 0.4) is 0 Å². The van der Waals surface area contributed by atoms with Gasteiger partial charge in [-0.25, -0.2) is 0 Å². The highest BCUT2D eigenvalue weighted by Crippen LogP contribution is 2.35. The Kier molecular flexibility index (Phi) is 6.61. The molecule has 0 amide bonds. The Morgan fingerprint density at radius 1 is 0.913 bits per heavy atom. The van der Waals surface area contributed by atoms with E-state index in [1.807, 2.05) is 0 Å². The van der Waals surface area contributed by atoms with Crippen molar-refractivity contribution in [3.8, 4) is 0 Å². The molecule has 1 unspecified atom stereocenters. The molecule has 1 atom stereocenters. The fraction of sp³-hybridized carbons (Fsp3) is 0.364. The Hall–Kier alpha value is -1.86. The maximum absolute atomic E-state index is 2.53. The summed E-state index contributed by atoms with van der Waals surface area (Å²) in [6, 6.07) is 21.5. The number of benzene rings is 2. The molecule has 122 valence electrons. The van der Waals surface area contributed by atoms with E-state index in [9.17, 15) is 0 Å². The highest BCUT2D eigenvalue weighted by molar-refractivity contribution is 5.49. The predicted octanol–water partition coefficient (Wildman–Crippen LogP) is 5.74. The minimum Gasteiger partial charge on any atom is -0.296 e. The summed E-state index contributed by atoms with van der Waals surface area (Å²) in [7, 11) is 2.26. The number of hydrogen-bond acceptors (Lipinski definition) is 1. The Morgan fingerprint density at radius 2 is 1.52 bits per heavy atom. The second-order valence-corrected chi connectivity index (χ2v) is 6.19. The van der Waals surface area contributed by atoms with Gasteiger partial charge >= 0.3 is 0 Å². The molecule has 1 nitrogen and oxygen atoms in total. The smallest absolute Gasteiger partial charge is 0.0489 e. The summed E-state index contributed by atoms with van der Waals surface area (Å²) in [4.78, 5) is 2.53. The molecular formula is C22H29N. The van der Waals surface area contributed by atoms with Gasteiger partial charge in [0.2, 0.25) is 0 Å². The van der Waals surface area contributed by atoms with Crippen LogP contribution in [0.15, 0.2) is 66.7 Å². The first kappa shape index (κ1) is 17.5. The van der Waals surface area contributed by atoms with Crippen LogP contribution in [0.1, 0.15) is 44.2 Å². The van der Waals surface area contributed by atoms with E-state index in [1.165, 1.54) is 17.5 Å². The molecule has 0 bridgehead atoms. The van der Waals surface area contributed by atoms with E-state index in [-0.39, 0.29) is 5.54 Å². The van der Waals surface area contributed by atoms with E-state index in [4.69, 9.17) is 0 Å². The van der Waals surface area contributed by atoms with E-state index >= 15 is 0 Å². The van der Waals surface area contributed by atoms with Crippen LogP contribution >= 0.6 is 0 Å². The summed E-state index contributed by atoms with van der Waals surface area (Å²) < 4.78 is 0. The second-order valence-electron chi connectivity index (χ2n) is 6.19. The van der Waals surface area contributed by atoms with Crippen LogP contribution in [0.4, 0.5) is 0 Å². The van der Waals surface area contributed by atoms with Crippen molar-refractivity contribution in [2.24, 2.45) is 0 Å². The summed E-state index contributed by atoms with van der Waals surface area (Å²) in [5.74, 6) is 0. The zero-order valence-electron chi connectivity index (χ0n) is 14.7. The standard InChI is InChI=1S/C22H29N/c1-4-19-23(3)22(5-2,21-16-10-7-11-17-21)18-12-15-20-13-8-6-9-14-20/h6-17H,4-5,18-19H2,1-3H3. The first-order valence-electron chi connectivity index (χ1n) is 8.71. The largest absolute Gasteiger partial charge is 0.296 e. The first-order chi connectivity index (χ1) is 11.2. The van der Waals surface area contributed by atoms with Gasteiger partial charge in [0.15, 0.2) is 0 Å². The molecule has 2 rings (SSSR count). The van der Waals surface area contributed by atoms with Gasteiger partial charge in [0, 0.05) is 5.54 Å². The van der Waals surface area contributed by atoms with E-state index in [0.29, 0.717) is 0 Å². The maximum atomic E-state index is 2.53. The van der Waals surface area contributed by atoms with Gasteiger partial charge in [-0.2, -0.15) is 0 Å². The van der Waals surface area contributed by atoms with Crippen molar-refractivity contribution < 1.29 is 0 Å². The summed E-state index contributed by atoms with van der Waals surface area (Å²) in [5.41, 5.74) is 2.75. The van der Waals surface area contributed by atoms with Crippen LogP contribution in [-0.4, -0.2) is 18.5 Å². The molecule has 0 aromatic heterocycles. The molecule has 0 aliphatic carbocycles. The lowest BCUT2D eigenvalue weighted by Crippen LogP contribution is -2.43. The average molecular weight is 307 g/mol. The van der Waals surface area contributed by atoms with Crippen LogP contribution < -0.4 is 0 Å². The molecule has 0 N–H and O–H groups in total. The maximum Gasteiger partial charge on any atom is 0.0489 e. The Bertz CT molecular complexity index is 588. The minimum atomic E-state index is 0.0720. The summed E-state index contributed by atoms with van der Waals surface area (Å²) in [6.07, 6.45) is 7.88. The molecule has 0 radical (unpaired) electrons. The summed E-state index contributed by atoms with van der Waals surface area (Å²) in [5, 5.41) is 0. The molecule has 0 aliphatic heterocycles. The molecule has 1 heteroatoms. The van der Waals surface area contributed by atoms with Crippen LogP contribution in [0.2, 0.25) is 0 Å². The van der Waals surface area contributed by atoms with Gasteiger partial charge in [-0.05, 0) is 44.0 Å². The van der Waals surface area contributed by atoms with E-state index in [1.54, 1.807) is 0 Å². The van der Waals surface area contributed by atoms with E-state index < -0.39 is 0 Å². The van der Waals surface area contributed by atoms with Crippen molar-refractivity contribution in [1.82, 2.24) is 4.90 Å². The Morgan fingerprint density at radius 3 is 2.09 bits per heavy atom. The van der Waals surface area contributed by atoms with Gasteiger partial charge in [-0.15, -0.1) is 0 Å². The van der Waals surface area contributed by atoms with Crippen molar-refractivity contribution in [2.75, 3.05) is 13.6 Å². The van der Waals surface area contributed by atoms with Crippen LogP contribution in [0.25, 0.3) is 6.08 Å². The van der Waals surface area contributed by atoms with Crippen molar-refractivity contribution in [3.05, 3.63) is 77.9 Å².